The highest BCUT2D eigenvalue weighted by Crippen LogP contribution is 2.36. The van der Waals surface area contributed by atoms with Crippen LogP contribution >= 0.6 is 0 Å². The van der Waals surface area contributed by atoms with Gasteiger partial charge in [-0.3, -0.25) is 38.4 Å². The zero-order valence-electron chi connectivity index (χ0n) is 29.2. The molecule has 2 aliphatic heterocycles. The molecule has 0 radical (unpaired) electrons. The van der Waals surface area contributed by atoms with Crippen molar-refractivity contribution >= 4 is 40.1 Å². The van der Waals surface area contributed by atoms with E-state index in [1.54, 1.807) is 28.6 Å². The summed E-state index contributed by atoms with van der Waals surface area (Å²) in [5.74, 6) is -0.955. The molecule has 8 rings (SSSR count). The molecule has 17 heteroatoms. The number of rotatable bonds is 9. The Morgan fingerprint density at radius 3 is 2.74 bits per heavy atom. The average Bonchev–Trinajstić information content (AvgIpc) is 3.84. The molecule has 0 spiro atoms. The van der Waals surface area contributed by atoms with Gasteiger partial charge in [0.25, 0.3) is 12.3 Å². The van der Waals surface area contributed by atoms with Crippen LogP contribution in [0, 0.1) is 5.92 Å². The molecule has 6 heterocycles. The summed E-state index contributed by atoms with van der Waals surface area (Å²) in [6, 6.07) is 6.58. The number of nitrogens with zero attached hydrogens (tertiary/aromatic N) is 8. The van der Waals surface area contributed by atoms with Crippen LogP contribution in [0.2, 0.25) is 0 Å². The van der Waals surface area contributed by atoms with E-state index in [9.17, 15) is 28.0 Å². The number of carbonyl (C=O) groups is 3. The smallest absolute Gasteiger partial charge is 0.329 e. The first-order chi connectivity index (χ1) is 25.6. The van der Waals surface area contributed by atoms with Gasteiger partial charge in [-0.05, 0) is 55.7 Å². The maximum Gasteiger partial charge on any atom is 0.329 e. The molecule has 1 aliphatic carbocycles. The summed E-state index contributed by atoms with van der Waals surface area (Å²) < 4.78 is 40.4. The van der Waals surface area contributed by atoms with E-state index < -0.39 is 30.0 Å². The van der Waals surface area contributed by atoms with Gasteiger partial charge in [-0.2, -0.15) is 10.2 Å². The SMILES string of the molecule is Cn1c(=O)n(C2CCC(=O)NC2=O)c2cccc(C[C@H]3CN(CC4CCC(n5cc(NC(=O)c6cnn7cccnc67)c(C(F)F)n5)CC4)CCO3)c21. The first kappa shape index (κ1) is 34.8. The summed E-state index contributed by atoms with van der Waals surface area (Å²) in [7, 11) is 1.70. The lowest BCUT2D eigenvalue weighted by molar-refractivity contribution is -0.135. The molecule has 53 heavy (non-hydrogen) atoms. The van der Waals surface area contributed by atoms with Crippen LogP contribution in [0.15, 0.2) is 53.8 Å². The van der Waals surface area contributed by atoms with Crippen molar-refractivity contribution in [2.45, 2.75) is 69.6 Å². The first-order valence-electron chi connectivity index (χ1n) is 18.0. The molecule has 1 unspecified atom stereocenters. The second-order valence-electron chi connectivity index (χ2n) is 14.2. The number of halogens is 2. The van der Waals surface area contributed by atoms with E-state index in [1.807, 2.05) is 18.2 Å². The minimum absolute atomic E-state index is 0.0231. The number of anilines is 1. The monoisotopic (exact) mass is 730 g/mol. The number of fused-ring (bicyclic) bond motifs is 2. The van der Waals surface area contributed by atoms with Crippen molar-refractivity contribution in [3.63, 3.8) is 0 Å². The van der Waals surface area contributed by atoms with Crippen molar-refractivity contribution in [3.05, 3.63) is 76.4 Å². The quantitative estimate of drug-likeness (QED) is 0.217. The molecule has 2 saturated heterocycles. The standard InChI is InChI=1S/C36H40F2N10O5/c1-44-31-22(4-2-5-27(31)48(36(44)52)28-10-11-29(49)42-35(28)51)16-24-19-45(14-15-53-24)18-21-6-8-23(9-7-21)47-20-26(30(43-47)32(37)38)41-34(50)25-17-40-46-13-3-12-39-33(25)46/h2-5,12-13,17,20-21,23-24,28,32H,6-11,14-16,18-19H2,1H3,(H,41,50)(H,42,49,51)/t21?,23?,24-,28?/m0/s1. The molecule has 278 valence electrons. The maximum atomic E-state index is 14.1. The Labute approximate surface area is 301 Å². The lowest BCUT2D eigenvalue weighted by Crippen LogP contribution is -2.45. The molecule has 4 aromatic heterocycles. The number of aromatic nitrogens is 7. The highest BCUT2D eigenvalue weighted by atomic mass is 19.3. The number of nitrogens with one attached hydrogen (secondary N) is 2. The van der Waals surface area contributed by atoms with Gasteiger partial charge in [0, 0.05) is 58.1 Å². The Kier molecular flexibility index (Phi) is 9.36. The Morgan fingerprint density at radius 2 is 1.94 bits per heavy atom. The fourth-order valence-electron chi connectivity index (χ4n) is 8.21. The van der Waals surface area contributed by atoms with Crippen LogP contribution in [0.3, 0.4) is 0 Å². The zero-order chi connectivity index (χ0) is 36.8. The number of carbonyl (C=O) groups excluding carboxylic acids is 3. The summed E-state index contributed by atoms with van der Waals surface area (Å²) in [5.41, 5.74) is 2.08. The van der Waals surface area contributed by atoms with Gasteiger partial charge in [0.05, 0.1) is 41.7 Å². The summed E-state index contributed by atoms with van der Waals surface area (Å²) in [5, 5.41) is 13.3. The van der Waals surface area contributed by atoms with E-state index in [4.69, 9.17) is 4.74 Å². The topological polar surface area (TPSA) is 163 Å². The zero-order valence-corrected chi connectivity index (χ0v) is 29.2. The molecule has 3 amide bonds. The van der Waals surface area contributed by atoms with Gasteiger partial charge < -0.3 is 10.1 Å². The maximum absolute atomic E-state index is 14.1. The van der Waals surface area contributed by atoms with Crippen molar-refractivity contribution in [2.24, 2.45) is 13.0 Å². The molecule has 15 nitrogen and oxygen atoms in total. The van der Waals surface area contributed by atoms with E-state index in [0.29, 0.717) is 30.1 Å². The van der Waals surface area contributed by atoms with Crippen LogP contribution in [-0.2, 0) is 27.8 Å². The normalized spacial score (nSPS) is 22.9. The van der Waals surface area contributed by atoms with E-state index in [1.165, 1.54) is 27.7 Å². The number of imidazole rings is 1. The van der Waals surface area contributed by atoms with Gasteiger partial charge >= 0.3 is 5.69 Å². The summed E-state index contributed by atoms with van der Waals surface area (Å²) in [6.45, 7) is 2.99. The largest absolute Gasteiger partial charge is 0.375 e. The van der Waals surface area contributed by atoms with Crippen LogP contribution in [0.1, 0.15) is 78.6 Å². The number of hydrogen-bond donors (Lipinski definition) is 2. The van der Waals surface area contributed by atoms with Crippen molar-refractivity contribution in [2.75, 3.05) is 31.6 Å². The van der Waals surface area contributed by atoms with Crippen molar-refractivity contribution in [1.82, 2.24) is 43.7 Å². The lowest BCUT2D eigenvalue weighted by Gasteiger charge is -2.37. The number of para-hydroxylation sites is 1. The van der Waals surface area contributed by atoms with E-state index in [0.717, 1.165) is 56.4 Å². The van der Waals surface area contributed by atoms with Crippen LogP contribution < -0.4 is 16.3 Å². The average molecular weight is 731 g/mol. The minimum atomic E-state index is -2.86. The lowest BCUT2D eigenvalue weighted by atomic mass is 9.85. The van der Waals surface area contributed by atoms with Gasteiger partial charge in [0.1, 0.15) is 11.6 Å². The molecule has 5 aromatic rings. The fraction of sp³-hybridized carbons (Fsp3) is 0.472. The molecule has 2 N–H and O–H groups in total. The van der Waals surface area contributed by atoms with Gasteiger partial charge in [-0.25, -0.2) is 23.1 Å². The second kappa shape index (κ2) is 14.3. The molecular weight excluding hydrogens is 690 g/mol. The van der Waals surface area contributed by atoms with Gasteiger partial charge in [-0.15, -0.1) is 0 Å². The molecule has 3 fully saturated rings. The first-order valence-corrected chi connectivity index (χ1v) is 18.0. The van der Waals surface area contributed by atoms with E-state index in [2.05, 4.69) is 30.7 Å². The van der Waals surface area contributed by atoms with Crippen molar-refractivity contribution in [1.29, 1.82) is 0 Å². The number of amides is 3. The number of hydrogen-bond acceptors (Lipinski definition) is 9. The molecule has 3 aliphatic rings. The fourth-order valence-corrected chi connectivity index (χ4v) is 8.21. The van der Waals surface area contributed by atoms with Gasteiger partial charge in [0.15, 0.2) is 11.3 Å². The highest BCUT2D eigenvalue weighted by Gasteiger charge is 2.33. The number of ether oxygens (including phenoxy) is 1. The number of morpholine rings is 1. The Hall–Kier alpha value is -5.29. The van der Waals surface area contributed by atoms with Crippen LogP contribution in [0.25, 0.3) is 16.7 Å². The molecule has 0 bridgehead atoms. The number of alkyl halides is 2. The molecule has 1 saturated carbocycles. The van der Waals surface area contributed by atoms with E-state index in [-0.39, 0.29) is 47.8 Å². The van der Waals surface area contributed by atoms with Crippen LogP contribution in [0.5, 0.6) is 0 Å². The minimum Gasteiger partial charge on any atom is -0.375 e. The summed E-state index contributed by atoms with van der Waals surface area (Å²) in [6.07, 6.45) is 7.48. The third-order valence-corrected chi connectivity index (χ3v) is 10.8. The highest BCUT2D eigenvalue weighted by molar-refractivity contribution is 6.08. The third-order valence-electron chi connectivity index (χ3n) is 10.8. The number of imide groups is 1. The number of piperidine rings is 1. The summed E-state index contributed by atoms with van der Waals surface area (Å²) >= 11 is 0. The number of benzene rings is 1. The van der Waals surface area contributed by atoms with Crippen molar-refractivity contribution < 1.29 is 27.9 Å². The third kappa shape index (κ3) is 6.74. The Morgan fingerprint density at radius 1 is 1.11 bits per heavy atom. The Balaban J connectivity index is 0.890. The van der Waals surface area contributed by atoms with Crippen LogP contribution in [0.4, 0.5) is 14.5 Å². The van der Waals surface area contributed by atoms with E-state index >= 15 is 0 Å². The van der Waals surface area contributed by atoms with Gasteiger partial charge in [-0.1, -0.05) is 12.1 Å². The number of aryl methyl sites for hydroxylation is 1. The van der Waals surface area contributed by atoms with Crippen molar-refractivity contribution in [3.8, 4) is 0 Å². The predicted octanol–water partition coefficient (Wildman–Crippen LogP) is 3.42. The van der Waals surface area contributed by atoms with Gasteiger partial charge in [0.2, 0.25) is 11.8 Å². The Bertz CT molecular complexity index is 2250. The second-order valence-corrected chi connectivity index (χ2v) is 14.2. The van der Waals surface area contributed by atoms with Crippen LogP contribution in [-0.4, -0.2) is 88.5 Å². The predicted molar refractivity (Wildman–Crippen MR) is 188 cm³/mol. The molecular formula is C36H40F2N10O5. The summed E-state index contributed by atoms with van der Waals surface area (Å²) in [4.78, 5) is 57.4. The molecule has 1 aromatic carbocycles. The molecule has 2 atom stereocenters.